The first-order chi connectivity index (χ1) is 10.3. The predicted molar refractivity (Wildman–Crippen MR) is 81.4 cm³/mol. The van der Waals surface area contributed by atoms with Gasteiger partial charge in [0.05, 0.1) is 25.2 Å². The van der Waals surface area contributed by atoms with Crippen molar-refractivity contribution in [1.29, 1.82) is 0 Å². The maximum Gasteiger partial charge on any atom is 0.222 e. The van der Waals surface area contributed by atoms with Crippen LogP contribution in [-0.4, -0.2) is 44.4 Å². The fourth-order valence-corrected chi connectivity index (χ4v) is 2.22. The molecule has 1 aliphatic heterocycles. The number of morpholine rings is 1. The van der Waals surface area contributed by atoms with Crippen molar-refractivity contribution in [3.8, 4) is 5.75 Å². The van der Waals surface area contributed by atoms with Crippen molar-refractivity contribution in [2.24, 2.45) is 0 Å². The number of amides is 1. The van der Waals surface area contributed by atoms with Gasteiger partial charge in [0, 0.05) is 13.1 Å². The minimum absolute atomic E-state index is 0.0206. The van der Waals surface area contributed by atoms with E-state index in [0.29, 0.717) is 19.6 Å². The molecule has 0 spiro atoms. The Morgan fingerprint density at radius 2 is 2.29 bits per heavy atom. The van der Waals surface area contributed by atoms with Crippen LogP contribution in [0.25, 0.3) is 0 Å². The molecule has 2 atom stereocenters. The molecule has 1 heterocycles. The van der Waals surface area contributed by atoms with Gasteiger partial charge in [-0.05, 0) is 18.6 Å². The highest BCUT2D eigenvalue weighted by atomic mass is 16.5. The highest BCUT2D eigenvalue weighted by Crippen LogP contribution is 2.09. The van der Waals surface area contributed by atoms with Crippen LogP contribution in [0.4, 0.5) is 0 Å². The second-order valence-electron chi connectivity index (χ2n) is 5.20. The molecule has 5 nitrogen and oxygen atoms in total. The maximum atomic E-state index is 12.0. The van der Waals surface area contributed by atoms with Gasteiger partial charge in [-0.2, -0.15) is 0 Å². The summed E-state index contributed by atoms with van der Waals surface area (Å²) in [6.45, 7) is 4.80. The number of hydrogen-bond acceptors (Lipinski definition) is 4. The predicted octanol–water partition coefficient (Wildman–Crippen LogP) is 1.34. The summed E-state index contributed by atoms with van der Waals surface area (Å²) in [5.41, 5.74) is 0. The molecule has 1 aliphatic rings. The molecule has 0 aromatic heterocycles. The van der Waals surface area contributed by atoms with E-state index in [4.69, 9.17) is 9.47 Å². The molecule has 1 aromatic carbocycles. The number of ether oxygens (including phenoxy) is 2. The van der Waals surface area contributed by atoms with E-state index in [1.807, 2.05) is 37.3 Å². The minimum Gasteiger partial charge on any atom is -0.491 e. The van der Waals surface area contributed by atoms with Crippen molar-refractivity contribution in [2.75, 3.05) is 26.3 Å². The van der Waals surface area contributed by atoms with Crippen LogP contribution < -0.4 is 15.4 Å². The molecule has 0 radical (unpaired) electrons. The number of benzene rings is 1. The zero-order valence-corrected chi connectivity index (χ0v) is 12.5. The number of carbonyl (C=O) groups excluding carboxylic acids is 1. The van der Waals surface area contributed by atoms with Gasteiger partial charge in [0.15, 0.2) is 0 Å². The normalized spacial score (nSPS) is 19.8. The summed E-state index contributed by atoms with van der Waals surface area (Å²) in [4.78, 5) is 12.0. The van der Waals surface area contributed by atoms with Crippen molar-refractivity contribution in [1.82, 2.24) is 10.6 Å². The zero-order valence-electron chi connectivity index (χ0n) is 12.5. The summed E-state index contributed by atoms with van der Waals surface area (Å²) in [5, 5.41) is 6.24. The minimum atomic E-state index is -0.0219. The van der Waals surface area contributed by atoms with Gasteiger partial charge in [0.25, 0.3) is 0 Å². The molecule has 1 fully saturated rings. The van der Waals surface area contributed by atoms with Crippen LogP contribution in [0.2, 0.25) is 0 Å². The molecule has 5 heteroatoms. The molecule has 21 heavy (non-hydrogen) atoms. The molecule has 1 saturated heterocycles. The Labute approximate surface area is 126 Å². The number of hydrogen-bond donors (Lipinski definition) is 2. The lowest BCUT2D eigenvalue weighted by Gasteiger charge is -2.24. The van der Waals surface area contributed by atoms with Gasteiger partial charge in [-0.25, -0.2) is 0 Å². The molecule has 0 aliphatic carbocycles. The Balaban J connectivity index is 1.72. The molecular weight excluding hydrogens is 268 g/mol. The molecule has 0 bridgehead atoms. The number of carbonyl (C=O) groups is 1. The average Bonchev–Trinajstić information content (AvgIpc) is 2.53. The highest BCUT2D eigenvalue weighted by Gasteiger charge is 2.19. The van der Waals surface area contributed by atoms with Gasteiger partial charge >= 0.3 is 0 Å². The van der Waals surface area contributed by atoms with Crippen molar-refractivity contribution in [2.45, 2.75) is 31.9 Å². The van der Waals surface area contributed by atoms with E-state index < -0.39 is 0 Å². The van der Waals surface area contributed by atoms with E-state index in [0.717, 1.165) is 25.3 Å². The van der Waals surface area contributed by atoms with Crippen molar-refractivity contribution in [3.63, 3.8) is 0 Å². The highest BCUT2D eigenvalue weighted by molar-refractivity contribution is 5.76. The monoisotopic (exact) mass is 292 g/mol. The van der Waals surface area contributed by atoms with Gasteiger partial charge in [-0.1, -0.05) is 25.1 Å². The van der Waals surface area contributed by atoms with Gasteiger partial charge in [0.1, 0.15) is 12.4 Å². The lowest BCUT2D eigenvalue weighted by Crippen LogP contribution is -2.44. The lowest BCUT2D eigenvalue weighted by molar-refractivity contribution is -0.125. The Kier molecular flexibility index (Phi) is 6.50. The zero-order chi connectivity index (χ0) is 14.9. The summed E-state index contributed by atoms with van der Waals surface area (Å²) in [6.07, 6.45) is 1.21. The standard InChI is InChI=1S/C16H24N2O3/c1-2-13(12-21-14-6-4-3-5-7-14)18-16(19)10-15-11-17-8-9-20-15/h3-7,13,15,17H,2,8-12H2,1H3,(H,18,19)/t13-,15+/m0/s1. The molecule has 0 saturated carbocycles. The van der Waals surface area contributed by atoms with Gasteiger partial charge < -0.3 is 20.1 Å². The molecule has 1 amide bonds. The summed E-state index contributed by atoms with van der Waals surface area (Å²) in [6, 6.07) is 9.66. The molecule has 2 rings (SSSR count). The SMILES string of the molecule is CC[C@@H](COc1ccccc1)NC(=O)C[C@@H]1CNCCO1. The van der Waals surface area contributed by atoms with E-state index in [1.54, 1.807) is 0 Å². The number of rotatable bonds is 7. The number of para-hydroxylation sites is 1. The summed E-state index contributed by atoms with van der Waals surface area (Å²) in [5.74, 6) is 0.845. The maximum absolute atomic E-state index is 12.0. The van der Waals surface area contributed by atoms with E-state index in [-0.39, 0.29) is 18.1 Å². The molecular formula is C16H24N2O3. The van der Waals surface area contributed by atoms with Crippen LogP contribution in [-0.2, 0) is 9.53 Å². The third-order valence-electron chi connectivity index (χ3n) is 3.47. The third kappa shape index (κ3) is 5.73. The van der Waals surface area contributed by atoms with Crippen molar-refractivity contribution < 1.29 is 14.3 Å². The number of nitrogens with one attached hydrogen (secondary N) is 2. The summed E-state index contributed by atoms with van der Waals surface area (Å²) < 4.78 is 11.2. The van der Waals surface area contributed by atoms with Gasteiger partial charge in [-0.3, -0.25) is 4.79 Å². The Morgan fingerprint density at radius 1 is 1.48 bits per heavy atom. The van der Waals surface area contributed by atoms with Crippen LogP contribution in [0.5, 0.6) is 5.75 Å². The molecule has 2 N–H and O–H groups in total. The third-order valence-corrected chi connectivity index (χ3v) is 3.47. The Hall–Kier alpha value is -1.59. The fraction of sp³-hybridized carbons (Fsp3) is 0.562. The van der Waals surface area contributed by atoms with Gasteiger partial charge in [-0.15, -0.1) is 0 Å². The van der Waals surface area contributed by atoms with Crippen molar-refractivity contribution >= 4 is 5.91 Å². The first kappa shape index (κ1) is 15.8. The Morgan fingerprint density at radius 3 is 2.95 bits per heavy atom. The van der Waals surface area contributed by atoms with Gasteiger partial charge in [0.2, 0.25) is 5.91 Å². The topological polar surface area (TPSA) is 59.6 Å². The van der Waals surface area contributed by atoms with Crippen LogP contribution in [0.1, 0.15) is 19.8 Å². The summed E-state index contributed by atoms with van der Waals surface area (Å²) >= 11 is 0. The van der Waals surface area contributed by atoms with Crippen LogP contribution in [0.15, 0.2) is 30.3 Å². The van der Waals surface area contributed by atoms with E-state index in [2.05, 4.69) is 10.6 Å². The van der Waals surface area contributed by atoms with Crippen molar-refractivity contribution in [3.05, 3.63) is 30.3 Å². The molecule has 1 aromatic rings. The second-order valence-corrected chi connectivity index (χ2v) is 5.20. The quantitative estimate of drug-likeness (QED) is 0.796. The largest absolute Gasteiger partial charge is 0.491 e. The van der Waals surface area contributed by atoms with Crippen LogP contribution in [0, 0.1) is 0 Å². The Bertz CT molecular complexity index is 419. The second kappa shape index (κ2) is 8.64. The van der Waals surface area contributed by atoms with E-state index in [9.17, 15) is 4.79 Å². The molecule has 0 unspecified atom stereocenters. The fourth-order valence-electron chi connectivity index (χ4n) is 2.22. The average molecular weight is 292 g/mol. The van der Waals surface area contributed by atoms with E-state index in [1.165, 1.54) is 0 Å². The summed E-state index contributed by atoms with van der Waals surface area (Å²) in [7, 11) is 0. The first-order valence-corrected chi connectivity index (χ1v) is 7.57. The molecule has 116 valence electrons. The van der Waals surface area contributed by atoms with Crippen LogP contribution in [0.3, 0.4) is 0 Å². The first-order valence-electron chi connectivity index (χ1n) is 7.57. The van der Waals surface area contributed by atoms with Crippen LogP contribution >= 0.6 is 0 Å². The smallest absolute Gasteiger partial charge is 0.222 e. The lowest BCUT2D eigenvalue weighted by atomic mass is 10.2. The van der Waals surface area contributed by atoms with E-state index >= 15 is 0 Å².